The van der Waals surface area contributed by atoms with Crippen molar-refractivity contribution in [2.45, 2.75) is 25.4 Å². The number of carbonyl (C=O) groups excluding carboxylic acids is 2. The fraction of sp³-hybridized carbons (Fsp3) is 0.400. The summed E-state index contributed by atoms with van der Waals surface area (Å²) in [6.07, 6.45) is 5.32. The summed E-state index contributed by atoms with van der Waals surface area (Å²) in [5, 5.41) is 11.8. The lowest BCUT2D eigenvalue weighted by Crippen LogP contribution is -2.38. The Kier molecular flexibility index (Phi) is 5.57. The number of H-pyrrole nitrogens is 1. The summed E-state index contributed by atoms with van der Waals surface area (Å²) >= 11 is 0. The van der Waals surface area contributed by atoms with E-state index in [0.717, 1.165) is 23.7 Å². The number of rotatable bonds is 7. The third-order valence-electron chi connectivity index (χ3n) is 5.20. The molecule has 2 amide bonds. The van der Waals surface area contributed by atoms with Crippen molar-refractivity contribution < 1.29 is 14.3 Å². The zero-order valence-electron chi connectivity index (χ0n) is 16.3. The van der Waals surface area contributed by atoms with E-state index in [0.29, 0.717) is 31.8 Å². The molecular weight excluding hydrogens is 372 g/mol. The van der Waals surface area contributed by atoms with E-state index in [2.05, 4.69) is 20.6 Å². The first-order valence-electron chi connectivity index (χ1n) is 9.71. The Morgan fingerprint density at radius 2 is 2.24 bits per heavy atom. The molecule has 2 aromatic heterocycles. The number of amides is 2. The minimum atomic E-state index is -0.285. The molecule has 9 nitrogen and oxygen atoms in total. The Hall–Kier alpha value is -3.20. The number of ether oxygens (including phenoxy) is 1. The normalized spacial score (nSPS) is 16.4. The highest BCUT2D eigenvalue weighted by atomic mass is 16.5. The first kappa shape index (κ1) is 19.1. The van der Waals surface area contributed by atoms with E-state index in [1.165, 1.54) is 0 Å². The molecule has 0 bridgehead atoms. The SMILES string of the molecule is COCCNC(=O)c1cn(C[C@@H]2CCCN2C(=O)c2ccc3cc[nH]c3c2)nn1. The summed E-state index contributed by atoms with van der Waals surface area (Å²) in [6.45, 7) is 2.08. The van der Waals surface area contributed by atoms with Gasteiger partial charge in [-0.05, 0) is 36.4 Å². The lowest BCUT2D eigenvalue weighted by atomic mass is 10.1. The van der Waals surface area contributed by atoms with Crippen LogP contribution in [0.1, 0.15) is 33.7 Å². The van der Waals surface area contributed by atoms with Crippen LogP contribution in [-0.4, -0.2) is 69.5 Å². The lowest BCUT2D eigenvalue weighted by Gasteiger charge is -2.24. The molecule has 29 heavy (non-hydrogen) atoms. The van der Waals surface area contributed by atoms with Crippen LogP contribution in [0, 0.1) is 0 Å². The molecule has 3 aromatic rings. The number of methoxy groups -OCH3 is 1. The topological polar surface area (TPSA) is 105 Å². The highest BCUT2D eigenvalue weighted by Crippen LogP contribution is 2.23. The van der Waals surface area contributed by atoms with Gasteiger partial charge in [0.05, 0.1) is 25.4 Å². The third kappa shape index (κ3) is 4.14. The van der Waals surface area contributed by atoms with E-state index in [1.807, 2.05) is 35.4 Å². The van der Waals surface area contributed by atoms with Gasteiger partial charge in [-0.2, -0.15) is 0 Å². The number of nitrogens with zero attached hydrogens (tertiary/aromatic N) is 4. The zero-order chi connectivity index (χ0) is 20.2. The van der Waals surface area contributed by atoms with Gasteiger partial charge in [-0.15, -0.1) is 5.10 Å². The highest BCUT2D eigenvalue weighted by Gasteiger charge is 2.30. The number of aromatic amines is 1. The molecule has 1 aliphatic heterocycles. The van der Waals surface area contributed by atoms with Gasteiger partial charge in [0, 0.05) is 37.5 Å². The van der Waals surface area contributed by atoms with Gasteiger partial charge in [0.15, 0.2) is 5.69 Å². The second-order valence-corrected chi connectivity index (χ2v) is 7.15. The van der Waals surface area contributed by atoms with Crippen molar-refractivity contribution >= 4 is 22.7 Å². The van der Waals surface area contributed by atoms with Gasteiger partial charge in [0.2, 0.25) is 0 Å². The van der Waals surface area contributed by atoms with Crippen molar-refractivity contribution in [1.82, 2.24) is 30.2 Å². The molecule has 0 radical (unpaired) electrons. The molecule has 0 unspecified atom stereocenters. The monoisotopic (exact) mass is 396 g/mol. The third-order valence-corrected chi connectivity index (χ3v) is 5.20. The molecule has 9 heteroatoms. The highest BCUT2D eigenvalue weighted by molar-refractivity contribution is 5.98. The van der Waals surface area contributed by atoms with Crippen LogP contribution in [0.25, 0.3) is 10.9 Å². The number of benzene rings is 1. The summed E-state index contributed by atoms with van der Waals surface area (Å²) in [7, 11) is 1.58. The van der Waals surface area contributed by atoms with E-state index in [4.69, 9.17) is 4.74 Å². The van der Waals surface area contributed by atoms with Crippen molar-refractivity contribution in [3.05, 3.63) is 47.9 Å². The summed E-state index contributed by atoms with van der Waals surface area (Å²) in [6, 6.07) is 7.72. The van der Waals surface area contributed by atoms with Gasteiger partial charge in [-0.25, -0.2) is 4.68 Å². The van der Waals surface area contributed by atoms with Gasteiger partial charge >= 0.3 is 0 Å². The average molecular weight is 396 g/mol. The minimum absolute atomic E-state index is 0.0154. The van der Waals surface area contributed by atoms with E-state index < -0.39 is 0 Å². The average Bonchev–Trinajstić information content (AvgIpc) is 3.48. The second kappa shape index (κ2) is 8.44. The Balaban J connectivity index is 1.42. The molecule has 1 saturated heterocycles. The van der Waals surface area contributed by atoms with Crippen LogP contribution in [0.3, 0.4) is 0 Å². The number of aromatic nitrogens is 4. The number of carbonyl (C=O) groups is 2. The van der Waals surface area contributed by atoms with Crippen molar-refractivity contribution in [2.24, 2.45) is 0 Å². The van der Waals surface area contributed by atoms with Crippen LogP contribution < -0.4 is 5.32 Å². The van der Waals surface area contributed by atoms with E-state index >= 15 is 0 Å². The predicted molar refractivity (Wildman–Crippen MR) is 107 cm³/mol. The van der Waals surface area contributed by atoms with E-state index in [1.54, 1.807) is 18.0 Å². The van der Waals surface area contributed by atoms with Crippen LogP contribution in [0.5, 0.6) is 0 Å². The molecule has 1 aromatic carbocycles. The fourth-order valence-electron chi connectivity index (χ4n) is 3.70. The Morgan fingerprint density at radius 1 is 1.34 bits per heavy atom. The zero-order valence-corrected chi connectivity index (χ0v) is 16.3. The molecule has 1 atom stereocenters. The molecule has 152 valence electrons. The lowest BCUT2D eigenvalue weighted by molar-refractivity contribution is 0.0721. The number of fused-ring (bicyclic) bond motifs is 1. The van der Waals surface area contributed by atoms with Crippen molar-refractivity contribution in [3.8, 4) is 0 Å². The summed E-state index contributed by atoms with van der Waals surface area (Å²) in [4.78, 5) is 30.2. The Bertz CT molecular complexity index is 1010. The fourth-order valence-corrected chi connectivity index (χ4v) is 3.70. The second-order valence-electron chi connectivity index (χ2n) is 7.15. The van der Waals surface area contributed by atoms with Gasteiger partial charge in [-0.3, -0.25) is 9.59 Å². The van der Waals surface area contributed by atoms with E-state index in [9.17, 15) is 9.59 Å². The molecule has 1 aliphatic rings. The number of nitrogens with one attached hydrogen (secondary N) is 2. The molecule has 0 spiro atoms. The molecule has 2 N–H and O–H groups in total. The minimum Gasteiger partial charge on any atom is -0.383 e. The van der Waals surface area contributed by atoms with Crippen LogP contribution >= 0.6 is 0 Å². The molecule has 1 fully saturated rings. The van der Waals surface area contributed by atoms with Crippen LogP contribution in [0.4, 0.5) is 0 Å². The maximum absolute atomic E-state index is 13.1. The number of hydrogen-bond acceptors (Lipinski definition) is 5. The Labute approximate surface area is 168 Å². The first-order valence-corrected chi connectivity index (χ1v) is 9.71. The van der Waals surface area contributed by atoms with Crippen LogP contribution in [0.2, 0.25) is 0 Å². The number of hydrogen-bond donors (Lipinski definition) is 2. The van der Waals surface area contributed by atoms with Crippen LogP contribution in [-0.2, 0) is 11.3 Å². The molecule has 0 saturated carbocycles. The van der Waals surface area contributed by atoms with Gasteiger partial charge in [0.1, 0.15) is 0 Å². The maximum Gasteiger partial charge on any atom is 0.273 e. The van der Waals surface area contributed by atoms with Crippen molar-refractivity contribution in [3.63, 3.8) is 0 Å². The molecular formula is C20H24N6O3. The predicted octanol–water partition coefficient (Wildman–Crippen LogP) is 1.44. The van der Waals surface area contributed by atoms with Crippen molar-refractivity contribution in [1.29, 1.82) is 0 Å². The largest absolute Gasteiger partial charge is 0.383 e. The van der Waals surface area contributed by atoms with Crippen LogP contribution in [0.15, 0.2) is 36.7 Å². The van der Waals surface area contributed by atoms with Gasteiger partial charge in [0.25, 0.3) is 11.8 Å². The van der Waals surface area contributed by atoms with Gasteiger partial charge in [-0.1, -0.05) is 11.3 Å². The van der Waals surface area contributed by atoms with Gasteiger partial charge < -0.3 is 19.9 Å². The molecule has 0 aliphatic carbocycles. The summed E-state index contributed by atoms with van der Waals surface area (Å²) < 4.78 is 6.55. The summed E-state index contributed by atoms with van der Waals surface area (Å²) in [5.74, 6) is -0.270. The first-order chi connectivity index (χ1) is 14.2. The smallest absolute Gasteiger partial charge is 0.273 e. The number of likely N-dealkylation sites (tertiary alicyclic amines) is 1. The quantitative estimate of drug-likeness (QED) is 0.588. The van der Waals surface area contributed by atoms with Crippen molar-refractivity contribution in [2.75, 3.05) is 26.8 Å². The standard InChI is InChI=1S/C20H24N6O3/c1-29-10-8-22-19(27)18-13-25(24-23-18)12-16-3-2-9-26(16)20(28)15-5-4-14-6-7-21-17(14)11-15/h4-7,11,13,16,21H,2-3,8-10,12H2,1H3,(H,22,27)/t16-/m0/s1. The Morgan fingerprint density at radius 3 is 3.10 bits per heavy atom. The molecule has 3 heterocycles. The summed E-state index contributed by atoms with van der Waals surface area (Å²) in [5.41, 5.74) is 1.88. The maximum atomic E-state index is 13.1. The van der Waals surface area contributed by atoms with E-state index in [-0.39, 0.29) is 23.6 Å². The molecule has 4 rings (SSSR count).